The van der Waals surface area contributed by atoms with Gasteiger partial charge in [-0.1, -0.05) is 12.1 Å². The van der Waals surface area contributed by atoms with E-state index in [0.717, 1.165) is 42.2 Å². The Morgan fingerprint density at radius 1 is 1.39 bits per heavy atom. The standard InChI is InChI=1S/C18H24N4O/c1-12(2)22-10-6-9-16(22)18(23)21-15-8-5-4-7-14(15)17-19-11-13(3)20-17/h4-5,7-8,11-12,16H,6,9-10H2,1-3H3,(H,19,20)(H,21,23). The van der Waals surface area contributed by atoms with Gasteiger partial charge in [-0.05, 0) is 52.3 Å². The van der Waals surface area contributed by atoms with Gasteiger partial charge in [0.1, 0.15) is 5.82 Å². The Morgan fingerprint density at radius 2 is 2.17 bits per heavy atom. The van der Waals surface area contributed by atoms with Crippen molar-refractivity contribution in [3.8, 4) is 11.4 Å². The second kappa shape index (κ2) is 6.54. The number of hydrogen-bond acceptors (Lipinski definition) is 3. The van der Waals surface area contributed by atoms with Crippen LogP contribution in [0.5, 0.6) is 0 Å². The van der Waals surface area contributed by atoms with Crippen molar-refractivity contribution in [2.75, 3.05) is 11.9 Å². The van der Waals surface area contributed by atoms with Gasteiger partial charge in [0, 0.05) is 23.5 Å². The zero-order chi connectivity index (χ0) is 16.4. The van der Waals surface area contributed by atoms with Gasteiger partial charge in [-0.15, -0.1) is 0 Å². The monoisotopic (exact) mass is 312 g/mol. The van der Waals surface area contributed by atoms with Gasteiger partial charge >= 0.3 is 0 Å². The molecule has 3 rings (SSSR count). The van der Waals surface area contributed by atoms with Crippen LogP contribution in [0.2, 0.25) is 0 Å². The maximum Gasteiger partial charge on any atom is 0.241 e. The van der Waals surface area contributed by atoms with E-state index in [-0.39, 0.29) is 11.9 Å². The molecule has 0 aliphatic carbocycles. The first-order chi connectivity index (χ1) is 11.1. The van der Waals surface area contributed by atoms with Gasteiger partial charge in [0.25, 0.3) is 0 Å². The van der Waals surface area contributed by atoms with Crippen molar-refractivity contribution in [3.63, 3.8) is 0 Å². The molecule has 1 aliphatic heterocycles. The Bertz CT molecular complexity index is 692. The number of para-hydroxylation sites is 1. The van der Waals surface area contributed by atoms with E-state index in [1.54, 1.807) is 6.20 Å². The lowest BCUT2D eigenvalue weighted by molar-refractivity contribution is -0.120. The van der Waals surface area contributed by atoms with Gasteiger partial charge in [0.05, 0.1) is 11.7 Å². The summed E-state index contributed by atoms with van der Waals surface area (Å²) in [4.78, 5) is 22.6. The van der Waals surface area contributed by atoms with Crippen LogP contribution in [0.1, 0.15) is 32.4 Å². The summed E-state index contributed by atoms with van der Waals surface area (Å²) in [5, 5.41) is 3.10. The molecule has 1 atom stereocenters. The third-order valence-corrected chi connectivity index (χ3v) is 4.40. The molecular formula is C18H24N4O. The molecule has 0 radical (unpaired) electrons. The summed E-state index contributed by atoms with van der Waals surface area (Å²) in [6.07, 6.45) is 3.80. The predicted octanol–water partition coefficient (Wildman–Crippen LogP) is 3.20. The number of imidazole rings is 1. The van der Waals surface area contributed by atoms with Crippen LogP contribution < -0.4 is 5.32 Å². The molecule has 0 bridgehead atoms. The van der Waals surface area contributed by atoms with Crippen molar-refractivity contribution in [2.45, 2.75) is 45.7 Å². The number of nitrogens with zero attached hydrogens (tertiary/aromatic N) is 2. The van der Waals surface area contributed by atoms with E-state index in [0.29, 0.717) is 6.04 Å². The SMILES string of the molecule is Cc1cnc(-c2ccccc2NC(=O)C2CCCN2C(C)C)[nH]1. The summed E-state index contributed by atoms with van der Waals surface area (Å²) in [7, 11) is 0. The minimum atomic E-state index is -0.0404. The zero-order valence-electron chi connectivity index (χ0n) is 14.0. The molecule has 5 nitrogen and oxygen atoms in total. The number of aromatic nitrogens is 2. The minimum Gasteiger partial charge on any atom is -0.342 e. The van der Waals surface area contributed by atoms with Crippen molar-refractivity contribution < 1.29 is 4.79 Å². The van der Waals surface area contributed by atoms with E-state index in [9.17, 15) is 4.79 Å². The molecule has 1 amide bonds. The van der Waals surface area contributed by atoms with Crippen LogP contribution in [0.4, 0.5) is 5.69 Å². The molecular weight excluding hydrogens is 288 g/mol. The molecule has 1 aromatic carbocycles. The number of rotatable bonds is 4. The first-order valence-electron chi connectivity index (χ1n) is 8.24. The van der Waals surface area contributed by atoms with Crippen LogP contribution in [-0.4, -0.2) is 39.4 Å². The quantitative estimate of drug-likeness (QED) is 0.911. The maximum atomic E-state index is 12.7. The number of hydrogen-bond donors (Lipinski definition) is 2. The van der Waals surface area contributed by atoms with Gasteiger partial charge in [-0.3, -0.25) is 9.69 Å². The Kier molecular flexibility index (Phi) is 4.48. The molecule has 23 heavy (non-hydrogen) atoms. The molecule has 0 saturated carbocycles. The fourth-order valence-corrected chi connectivity index (χ4v) is 3.25. The number of aromatic amines is 1. The van der Waals surface area contributed by atoms with Crippen LogP contribution in [0.15, 0.2) is 30.5 Å². The second-order valence-electron chi connectivity index (χ2n) is 6.44. The van der Waals surface area contributed by atoms with Gasteiger partial charge in [0.2, 0.25) is 5.91 Å². The number of nitrogens with one attached hydrogen (secondary N) is 2. The average molecular weight is 312 g/mol. The van der Waals surface area contributed by atoms with Crippen molar-refractivity contribution in [1.82, 2.24) is 14.9 Å². The van der Waals surface area contributed by atoms with Gasteiger partial charge in [0.15, 0.2) is 0 Å². The normalized spacial score (nSPS) is 18.5. The number of anilines is 1. The van der Waals surface area contributed by atoms with Gasteiger partial charge < -0.3 is 10.3 Å². The first kappa shape index (κ1) is 15.7. The van der Waals surface area contributed by atoms with Crippen LogP contribution in [0.3, 0.4) is 0 Å². The molecule has 0 spiro atoms. The largest absolute Gasteiger partial charge is 0.342 e. The van der Waals surface area contributed by atoms with E-state index in [1.165, 1.54) is 0 Å². The van der Waals surface area contributed by atoms with E-state index < -0.39 is 0 Å². The highest BCUT2D eigenvalue weighted by Gasteiger charge is 2.32. The number of aryl methyl sites for hydroxylation is 1. The molecule has 2 N–H and O–H groups in total. The van der Waals surface area contributed by atoms with Crippen molar-refractivity contribution in [1.29, 1.82) is 0 Å². The maximum absolute atomic E-state index is 12.7. The highest BCUT2D eigenvalue weighted by Crippen LogP contribution is 2.27. The molecule has 2 heterocycles. The smallest absolute Gasteiger partial charge is 0.241 e. The highest BCUT2D eigenvalue weighted by molar-refractivity contribution is 5.98. The topological polar surface area (TPSA) is 61.0 Å². The molecule has 1 aromatic heterocycles. The Morgan fingerprint density at radius 3 is 2.87 bits per heavy atom. The fourth-order valence-electron chi connectivity index (χ4n) is 3.25. The molecule has 1 fully saturated rings. The molecule has 1 saturated heterocycles. The Hall–Kier alpha value is -2.14. The molecule has 1 unspecified atom stereocenters. The minimum absolute atomic E-state index is 0.0404. The molecule has 1 aliphatic rings. The number of likely N-dealkylation sites (tertiary alicyclic amines) is 1. The van der Waals surface area contributed by atoms with Crippen LogP contribution >= 0.6 is 0 Å². The van der Waals surface area contributed by atoms with Crippen molar-refractivity contribution >= 4 is 11.6 Å². The molecule has 5 heteroatoms. The fraction of sp³-hybridized carbons (Fsp3) is 0.444. The van der Waals surface area contributed by atoms with Crippen molar-refractivity contribution in [2.24, 2.45) is 0 Å². The summed E-state index contributed by atoms with van der Waals surface area (Å²) in [5.74, 6) is 0.859. The Balaban J connectivity index is 1.82. The number of H-pyrrole nitrogens is 1. The number of carbonyl (C=O) groups is 1. The second-order valence-corrected chi connectivity index (χ2v) is 6.44. The summed E-state index contributed by atoms with van der Waals surface area (Å²) in [6, 6.07) is 8.14. The Labute approximate surface area is 137 Å². The number of benzene rings is 1. The summed E-state index contributed by atoms with van der Waals surface area (Å²) < 4.78 is 0. The van der Waals surface area contributed by atoms with Crippen molar-refractivity contribution in [3.05, 3.63) is 36.2 Å². The third-order valence-electron chi connectivity index (χ3n) is 4.40. The van der Waals surface area contributed by atoms with E-state index in [2.05, 4.69) is 34.0 Å². The summed E-state index contributed by atoms with van der Waals surface area (Å²) in [6.45, 7) is 7.25. The van der Waals surface area contributed by atoms with E-state index in [4.69, 9.17) is 0 Å². The lowest BCUT2D eigenvalue weighted by Crippen LogP contribution is -2.43. The molecule has 122 valence electrons. The molecule has 2 aromatic rings. The van der Waals surface area contributed by atoms with Crippen LogP contribution in [0.25, 0.3) is 11.4 Å². The lowest BCUT2D eigenvalue weighted by Gasteiger charge is -2.27. The first-order valence-corrected chi connectivity index (χ1v) is 8.24. The lowest BCUT2D eigenvalue weighted by atomic mass is 10.1. The van der Waals surface area contributed by atoms with E-state index >= 15 is 0 Å². The highest BCUT2D eigenvalue weighted by atomic mass is 16.2. The van der Waals surface area contributed by atoms with Gasteiger partial charge in [-0.2, -0.15) is 0 Å². The predicted molar refractivity (Wildman–Crippen MR) is 92.3 cm³/mol. The summed E-state index contributed by atoms with van der Waals surface area (Å²) >= 11 is 0. The van der Waals surface area contributed by atoms with Crippen LogP contribution in [0, 0.1) is 6.92 Å². The van der Waals surface area contributed by atoms with Gasteiger partial charge in [-0.25, -0.2) is 4.98 Å². The van der Waals surface area contributed by atoms with E-state index in [1.807, 2.05) is 31.2 Å². The summed E-state index contributed by atoms with van der Waals surface area (Å²) in [5.41, 5.74) is 2.73. The third kappa shape index (κ3) is 3.29. The number of carbonyl (C=O) groups excluding carboxylic acids is 1. The zero-order valence-corrected chi connectivity index (χ0v) is 14.0. The average Bonchev–Trinajstić information content (AvgIpc) is 3.16. The number of amides is 1. The van der Waals surface area contributed by atoms with Crippen LogP contribution in [-0.2, 0) is 4.79 Å².